The lowest BCUT2D eigenvalue weighted by Crippen LogP contribution is -2.54. The predicted octanol–water partition coefficient (Wildman–Crippen LogP) is 8.82. The molecule has 7 heteroatoms. The summed E-state index contributed by atoms with van der Waals surface area (Å²) in [6.07, 6.45) is 5.81. The Morgan fingerprint density at radius 2 is 1.79 bits per heavy atom. The fourth-order valence-electron chi connectivity index (χ4n) is 5.56. The molecule has 1 aliphatic heterocycles. The molecule has 0 bridgehead atoms. The van der Waals surface area contributed by atoms with Crippen LogP contribution in [0, 0.1) is 5.92 Å². The van der Waals surface area contributed by atoms with E-state index >= 15 is 0 Å². The molecule has 0 aromatic heterocycles. The molecule has 3 rings (SSSR count). The summed E-state index contributed by atoms with van der Waals surface area (Å²) in [7, 11) is 0. The van der Waals surface area contributed by atoms with E-state index in [-0.39, 0.29) is 30.9 Å². The second kappa shape index (κ2) is 15.6. The zero-order valence-corrected chi connectivity index (χ0v) is 26.6. The van der Waals surface area contributed by atoms with Crippen molar-refractivity contribution in [1.29, 1.82) is 0 Å². The van der Waals surface area contributed by atoms with Crippen LogP contribution in [0.1, 0.15) is 108 Å². The number of amides is 1. The van der Waals surface area contributed by atoms with Crippen molar-refractivity contribution in [2.24, 2.45) is 10.9 Å². The molecule has 5 nitrogen and oxygen atoms in total. The van der Waals surface area contributed by atoms with Crippen LogP contribution in [-0.4, -0.2) is 65.3 Å². The number of allylic oxidation sites excluding steroid dienone is 6. The summed E-state index contributed by atoms with van der Waals surface area (Å²) in [5.41, 5.74) is 4.88. The zero-order valence-electron chi connectivity index (χ0n) is 26.6. The Morgan fingerprint density at radius 1 is 1.15 bits per heavy atom. The van der Waals surface area contributed by atoms with E-state index in [0.717, 1.165) is 34.5 Å². The van der Waals surface area contributed by atoms with Crippen LogP contribution >= 0.6 is 0 Å². The first-order valence-corrected chi connectivity index (χ1v) is 15.1. The first kappa shape index (κ1) is 34.8. The number of hydrogen-bond donors (Lipinski definition) is 0. The first-order chi connectivity index (χ1) is 18.3. The van der Waals surface area contributed by atoms with Crippen molar-refractivity contribution in [3.63, 3.8) is 0 Å². The highest BCUT2D eigenvalue weighted by molar-refractivity contribution is 6.06. The van der Waals surface area contributed by atoms with E-state index in [0.29, 0.717) is 39.0 Å². The quantitative estimate of drug-likeness (QED) is 0.352. The summed E-state index contributed by atoms with van der Waals surface area (Å²) in [5, 5.41) is 0. The Hall–Kier alpha value is -2.18. The summed E-state index contributed by atoms with van der Waals surface area (Å²) in [4.78, 5) is 21.6. The molecule has 0 N–H and O–H groups in total. The number of alkyl halides is 2. The van der Waals surface area contributed by atoms with Crippen molar-refractivity contribution >= 4 is 11.8 Å². The van der Waals surface area contributed by atoms with E-state index in [9.17, 15) is 13.6 Å². The maximum Gasteiger partial charge on any atom is 0.410 e. The van der Waals surface area contributed by atoms with Crippen LogP contribution in [0.2, 0.25) is 0 Å². The molecule has 1 unspecified atom stereocenters. The van der Waals surface area contributed by atoms with Gasteiger partial charge in [-0.25, -0.2) is 13.6 Å². The number of nitrogens with zero attached hydrogens (tertiary/aromatic N) is 3. The Balaban J connectivity index is 0.00000181. The summed E-state index contributed by atoms with van der Waals surface area (Å²) in [5.74, 6) is -2.67. The second-order valence-corrected chi connectivity index (χ2v) is 11.3. The van der Waals surface area contributed by atoms with Gasteiger partial charge in [0.1, 0.15) is 5.60 Å². The Morgan fingerprint density at radius 3 is 2.33 bits per heavy atom. The van der Waals surface area contributed by atoms with Crippen molar-refractivity contribution in [3.05, 3.63) is 34.6 Å². The normalized spacial score (nSPS) is 25.7. The van der Waals surface area contributed by atoms with Gasteiger partial charge < -0.3 is 14.5 Å². The van der Waals surface area contributed by atoms with Gasteiger partial charge in [0.05, 0.1) is 0 Å². The number of aliphatic imine (C=N–C) groups is 1. The van der Waals surface area contributed by atoms with Crippen LogP contribution in [0.4, 0.5) is 13.6 Å². The largest absolute Gasteiger partial charge is 0.444 e. The number of halogens is 2. The lowest BCUT2D eigenvalue weighted by molar-refractivity contribution is -0.0470. The standard InChI is InChI=1S/C28H43F2N3O2.2C2H6/c1-8-31-24-16-22(23-10-9-13-28(29,30)17-23)12-11-19(2)25(24)21(4)33-15-14-32(18-20(33)3)26(34)35-27(5,6)7;2*1-2/h11-12,20,23H,8-10,13-18H2,1-7H3;2*1-2H3/b25-21+,31-24?;;/t20-,23?;;/m0../s1. The lowest BCUT2D eigenvalue weighted by atomic mass is 9.79. The summed E-state index contributed by atoms with van der Waals surface area (Å²) >= 11 is 0. The van der Waals surface area contributed by atoms with Gasteiger partial charge in [-0.15, -0.1) is 0 Å². The highest BCUT2D eigenvalue weighted by Crippen LogP contribution is 2.42. The summed E-state index contributed by atoms with van der Waals surface area (Å²) in [6, 6.07) is 0.118. The fourth-order valence-corrected chi connectivity index (χ4v) is 5.56. The molecule has 3 aliphatic rings. The van der Waals surface area contributed by atoms with Crippen molar-refractivity contribution in [2.75, 3.05) is 26.2 Å². The minimum Gasteiger partial charge on any atom is -0.444 e. The number of hydrogen-bond acceptors (Lipinski definition) is 4. The minimum absolute atomic E-state index is 0.00102. The van der Waals surface area contributed by atoms with E-state index in [2.05, 4.69) is 37.8 Å². The third-order valence-corrected chi connectivity index (χ3v) is 7.19. The third-order valence-electron chi connectivity index (χ3n) is 7.19. The predicted molar refractivity (Wildman–Crippen MR) is 161 cm³/mol. The summed E-state index contributed by atoms with van der Waals surface area (Å²) in [6.45, 7) is 24.5. The van der Waals surface area contributed by atoms with Crippen LogP contribution < -0.4 is 0 Å². The molecule has 224 valence electrons. The third kappa shape index (κ3) is 10.1. The van der Waals surface area contributed by atoms with E-state index < -0.39 is 11.5 Å². The summed E-state index contributed by atoms with van der Waals surface area (Å²) < 4.78 is 33.9. The van der Waals surface area contributed by atoms with Crippen LogP contribution in [0.3, 0.4) is 0 Å². The topological polar surface area (TPSA) is 45.1 Å². The fraction of sp³-hybridized carbons (Fsp3) is 0.750. The van der Waals surface area contributed by atoms with E-state index in [1.165, 1.54) is 0 Å². The number of rotatable bonds is 3. The van der Waals surface area contributed by atoms with Gasteiger partial charge in [-0.1, -0.05) is 45.4 Å². The average molecular weight is 552 g/mol. The SMILES string of the molecule is CC.CC.CCN=C1CC(C2CCCC(F)(F)C2)=CC=C(C)/C1=C(/C)N1CCN(C(=O)OC(C)(C)C)C[C@@H]1C. The molecule has 1 saturated heterocycles. The Labute approximate surface area is 237 Å². The van der Waals surface area contributed by atoms with Gasteiger partial charge >= 0.3 is 6.09 Å². The second-order valence-electron chi connectivity index (χ2n) is 11.3. The van der Waals surface area contributed by atoms with Crippen molar-refractivity contribution in [2.45, 2.75) is 126 Å². The highest BCUT2D eigenvalue weighted by atomic mass is 19.3. The Bertz CT molecular complexity index is 928. The molecule has 39 heavy (non-hydrogen) atoms. The van der Waals surface area contributed by atoms with E-state index in [1.54, 1.807) is 4.90 Å². The van der Waals surface area contributed by atoms with Gasteiger partial charge in [-0.2, -0.15) is 0 Å². The number of piperazine rings is 1. The molecule has 2 fully saturated rings. The van der Waals surface area contributed by atoms with Gasteiger partial charge in [0, 0.05) is 68.5 Å². The van der Waals surface area contributed by atoms with Gasteiger partial charge in [0.2, 0.25) is 5.92 Å². The van der Waals surface area contributed by atoms with Crippen LogP contribution in [0.5, 0.6) is 0 Å². The number of carbonyl (C=O) groups excluding carboxylic acids is 1. The maximum atomic E-state index is 14.2. The molecule has 1 amide bonds. The number of ether oxygens (including phenoxy) is 1. The Kier molecular flexibility index (Phi) is 13.9. The molecule has 1 saturated carbocycles. The van der Waals surface area contributed by atoms with E-state index in [1.807, 2.05) is 55.4 Å². The van der Waals surface area contributed by atoms with E-state index in [4.69, 9.17) is 9.73 Å². The molecular formula is C32H55F2N3O2. The molecule has 0 spiro atoms. The molecular weight excluding hydrogens is 496 g/mol. The first-order valence-electron chi connectivity index (χ1n) is 15.1. The van der Waals surface area contributed by atoms with Gasteiger partial charge in [0.25, 0.3) is 0 Å². The molecule has 1 heterocycles. The molecule has 0 aromatic carbocycles. The van der Waals surface area contributed by atoms with Gasteiger partial charge in [0.15, 0.2) is 0 Å². The smallest absolute Gasteiger partial charge is 0.410 e. The van der Waals surface area contributed by atoms with Crippen LogP contribution in [-0.2, 0) is 4.74 Å². The number of carbonyl (C=O) groups is 1. The molecule has 0 aromatic rings. The van der Waals surface area contributed by atoms with Crippen LogP contribution in [0.15, 0.2) is 39.6 Å². The molecule has 2 aliphatic carbocycles. The molecule has 2 atom stereocenters. The lowest BCUT2D eigenvalue weighted by Gasteiger charge is -2.42. The van der Waals surface area contributed by atoms with Crippen molar-refractivity contribution in [1.82, 2.24) is 9.80 Å². The highest BCUT2D eigenvalue weighted by Gasteiger charge is 2.38. The van der Waals surface area contributed by atoms with Crippen molar-refractivity contribution < 1.29 is 18.3 Å². The zero-order chi connectivity index (χ0) is 30.0. The van der Waals surface area contributed by atoms with Crippen molar-refractivity contribution in [3.8, 4) is 0 Å². The monoisotopic (exact) mass is 551 g/mol. The minimum atomic E-state index is -2.57. The van der Waals surface area contributed by atoms with Crippen LogP contribution in [0.25, 0.3) is 0 Å². The van der Waals surface area contributed by atoms with Gasteiger partial charge in [-0.3, -0.25) is 4.99 Å². The van der Waals surface area contributed by atoms with Gasteiger partial charge in [-0.05, 0) is 72.8 Å². The molecule has 0 radical (unpaired) electrons. The average Bonchev–Trinajstić information content (AvgIpc) is 3.03. The maximum absolute atomic E-state index is 14.2.